The molecule has 2 aromatic rings. The summed E-state index contributed by atoms with van der Waals surface area (Å²) in [6, 6.07) is 4.91. The van der Waals surface area contributed by atoms with Gasteiger partial charge in [-0.15, -0.1) is 35.3 Å². The molecule has 0 saturated carbocycles. The third-order valence-electron chi connectivity index (χ3n) is 5.75. The number of nitrogens with one attached hydrogen (secondary N) is 2. The van der Waals surface area contributed by atoms with Gasteiger partial charge in [-0.3, -0.25) is 9.89 Å². The topological polar surface area (TPSA) is 65.7 Å². The van der Waals surface area contributed by atoms with Gasteiger partial charge < -0.3 is 15.2 Å². The summed E-state index contributed by atoms with van der Waals surface area (Å²) in [6.07, 6.45) is 4.49. The fourth-order valence-electron chi connectivity index (χ4n) is 4.24. The van der Waals surface area contributed by atoms with E-state index in [0.29, 0.717) is 12.0 Å². The molecule has 1 aliphatic heterocycles. The maximum Gasteiger partial charge on any atom is 0.191 e. The molecular formula is C22H36IN5OS. The SMILES string of the molecule is CCNC(=NCC1CCCN(C)C1c1cccs1)NCCCc1c(C)noc1C.I. The molecule has 0 bridgehead atoms. The van der Waals surface area contributed by atoms with Crippen LogP contribution >= 0.6 is 35.3 Å². The quantitative estimate of drug-likeness (QED) is 0.221. The highest BCUT2D eigenvalue weighted by Gasteiger charge is 2.31. The van der Waals surface area contributed by atoms with Crippen LogP contribution in [0.3, 0.4) is 0 Å². The highest BCUT2D eigenvalue weighted by Crippen LogP contribution is 2.37. The Balaban J connectivity index is 0.00000320. The minimum Gasteiger partial charge on any atom is -0.361 e. The molecule has 1 fully saturated rings. The van der Waals surface area contributed by atoms with Crippen LogP contribution in [0.15, 0.2) is 27.0 Å². The zero-order valence-electron chi connectivity index (χ0n) is 18.6. The van der Waals surface area contributed by atoms with Crippen molar-refractivity contribution in [1.82, 2.24) is 20.7 Å². The normalized spacial score (nSPS) is 20.1. The van der Waals surface area contributed by atoms with E-state index < -0.39 is 0 Å². The molecule has 2 aromatic heterocycles. The van der Waals surface area contributed by atoms with E-state index in [1.807, 2.05) is 25.2 Å². The van der Waals surface area contributed by atoms with Crippen LogP contribution in [0, 0.1) is 19.8 Å². The number of aromatic nitrogens is 1. The van der Waals surface area contributed by atoms with Gasteiger partial charge in [0, 0.05) is 36.1 Å². The number of nitrogens with zero attached hydrogens (tertiary/aromatic N) is 3. The van der Waals surface area contributed by atoms with E-state index in [-0.39, 0.29) is 24.0 Å². The summed E-state index contributed by atoms with van der Waals surface area (Å²) in [5.74, 6) is 2.42. The molecule has 0 spiro atoms. The molecule has 0 radical (unpaired) electrons. The lowest BCUT2D eigenvalue weighted by molar-refractivity contribution is 0.128. The van der Waals surface area contributed by atoms with Crippen molar-refractivity contribution in [2.24, 2.45) is 10.9 Å². The minimum atomic E-state index is 0. The van der Waals surface area contributed by atoms with Crippen LogP contribution in [-0.4, -0.2) is 49.2 Å². The zero-order chi connectivity index (χ0) is 20.6. The highest BCUT2D eigenvalue weighted by molar-refractivity contribution is 14.0. The van der Waals surface area contributed by atoms with Gasteiger partial charge in [-0.05, 0) is 77.4 Å². The fraction of sp³-hybridized carbons (Fsp3) is 0.636. The highest BCUT2D eigenvalue weighted by atomic mass is 127. The molecule has 0 aliphatic carbocycles. The molecule has 168 valence electrons. The molecule has 3 rings (SSSR count). The number of aryl methyl sites for hydroxylation is 2. The first-order valence-corrected chi connectivity index (χ1v) is 11.7. The molecule has 2 unspecified atom stereocenters. The number of piperidine rings is 1. The Morgan fingerprint density at radius 2 is 2.20 bits per heavy atom. The average Bonchev–Trinajstić information content (AvgIpc) is 3.34. The maximum atomic E-state index is 5.26. The van der Waals surface area contributed by atoms with E-state index in [1.54, 1.807) is 0 Å². The van der Waals surface area contributed by atoms with Crippen molar-refractivity contribution < 1.29 is 4.52 Å². The first-order chi connectivity index (χ1) is 14.1. The number of thiophene rings is 1. The van der Waals surface area contributed by atoms with Crippen LogP contribution in [0.1, 0.15) is 54.1 Å². The molecule has 2 atom stereocenters. The minimum absolute atomic E-state index is 0. The predicted molar refractivity (Wildman–Crippen MR) is 136 cm³/mol. The molecule has 2 N–H and O–H groups in total. The summed E-state index contributed by atoms with van der Waals surface area (Å²) in [7, 11) is 2.25. The van der Waals surface area contributed by atoms with Crippen molar-refractivity contribution >= 4 is 41.3 Å². The van der Waals surface area contributed by atoms with Crippen LogP contribution in [0.5, 0.6) is 0 Å². The summed E-state index contributed by atoms with van der Waals surface area (Å²) in [5, 5.41) is 13.1. The number of guanidine groups is 1. The Kier molecular flexibility index (Phi) is 10.6. The van der Waals surface area contributed by atoms with Crippen LogP contribution in [0.2, 0.25) is 0 Å². The number of likely N-dealkylation sites (tertiary alicyclic amines) is 1. The van der Waals surface area contributed by atoms with Crippen molar-refractivity contribution in [1.29, 1.82) is 0 Å². The van der Waals surface area contributed by atoms with Crippen LogP contribution < -0.4 is 10.6 Å². The van der Waals surface area contributed by atoms with E-state index >= 15 is 0 Å². The van der Waals surface area contributed by atoms with Gasteiger partial charge >= 0.3 is 0 Å². The van der Waals surface area contributed by atoms with Gasteiger partial charge in [0.25, 0.3) is 0 Å². The molecule has 3 heterocycles. The van der Waals surface area contributed by atoms with E-state index in [2.05, 4.69) is 52.2 Å². The molecule has 30 heavy (non-hydrogen) atoms. The number of hydrogen-bond acceptors (Lipinski definition) is 5. The fourth-order valence-corrected chi connectivity index (χ4v) is 5.22. The monoisotopic (exact) mass is 545 g/mol. The lowest BCUT2D eigenvalue weighted by Gasteiger charge is -2.38. The third-order valence-corrected chi connectivity index (χ3v) is 6.69. The number of hydrogen-bond donors (Lipinski definition) is 2. The molecule has 8 heteroatoms. The summed E-state index contributed by atoms with van der Waals surface area (Å²) in [4.78, 5) is 8.91. The van der Waals surface area contributed by atoms with Crippen LogP contribution in [0.4, 0.5) is 0 Å². The van der Waals surface area contributed by atoms with Crippen molar-refractivity contribution in [3.8, 4) is 0 Å². The first-order valence-electron chi connectivity index (χ1n) is 10.8. The predicted octanol–water partition coefficient (Wildman–Crippen LogP) is 4.54. The molecule has 6 nitrogen and oxygen atoms in total. The second-order valence-electron chi connectivity index (χ2n) is 7.90. The van der Waals surface area contributed by atoms with Crippen molar-refractivity contribution in [2.45, 2.75) is 52.5 Å². The summed E-state index contributed by atoms with van der Waals surface area (Å²) in [5.41, 5.74) is 2.24. The standard InChI is InChI=1S/C22H35N5OS.HI/c1-5-23-22(24-12-6-10-19-16(2)26-28-17(19)3)25-15-18-9-7-13-27(4)21(18)20-11-8-14-29-20;/h8,11,14,18,21H,5-7,9-10,12-13,15H2,1-4H3,(H2,23,24,25);1H. The Morgan fingerprint density at radius 1 is 1.37 bits per heavy atom. The maximum absolute atomic E-state index is 5.26. The van der Waals surface area contributed by atoms with Gasteiger partial charge in [0.15, 0.2) is 5.96 Å². The van der Waals surface area contributed by atoms with Gasteiger partial charge in [-0.2, -0.15) is 0 Å². The summed E-state index contributed by atoms with van der Waals surface area (Å²) < 4.78 is 5.26. The Bertz CT molecular complexity index is 757. The Hall–Kier alpha value is -1.13. The van der Waals surface area contributed by atoms with Gasteiger partial charge in [0.05, 0.1) is 5.69 Å². The zero-order valence-corrected chi connectivity index (χ0v) is 21.8. The van der Waals surface area contributed by atoms with E-state index in [4.69, 9.17) is 9.52 Å². The van der Waals surface area contributed by atoms with Gasteiger partial charge in [0.1, 0.15) is 5.76 Å². The van der Waals surface area contributed by atoms with Gasteiger partial charge in [-0.1, -0.05) is 11.2 Å². The number of halogens is 1. The molecular weight excluding hydrogens is 509 g/mol. The number of aliphatic imine (C=N–C) groups is 1. The van der Waals surface area contributed by atoms with E-state index in [0.717, 1.165) is 49.9 Å². The van der Waals surface area contributed by atoms with Crippen molar-refractivity contribution in [3.63, 3.8) is 0 Å². The van der Waals surface area contributed by atoms with Crippen LogP contribution in [-0.2, 0) is 6.42 Å². The second-order valence-corrected chi connectivity index (χ2v) is 8.88. The Labute approximate surface area is 201 Å². The van der Waals surface area contributed by atoms with Gasteiger partial charge in [0.2, 0.25) is 0 Å². The lowest BCUT2D eigenvalue weighted by atomic mass is 9.88. The molecule has 0 aromatic carbocycles. The summed E-state index contributed by atoms with van der Waals surface area (Å²) in [6.45, 7) is 9.89. The molecule has 1 saturated heterocycles. The van der Waals surface area contributed by atoms with E-state index in [1.165, 1.54) is 29.8 Å². The second kappa shape index (κ2) is 12.7. The van der Waals surface area contributed by atoms with E-state index in [9.17, 15) is 0 Å². The first kappa shape index (κ1) is 25.1. The lowest BCUT2D eigenvalue weighted by Crippen LogP contribution is -2.40. The molecule has 0 amide bonds. The van der Waals surface area contributed by atoms with Crippen LogP contribution in [0.25, 0.3) is 0 Å². The Morgan fingerprint density at radius 3 is 2.87 bits per heavy atom. The third kappa shape index (κ3) is 6.68. The summed E-state index contributed by atoms with van der Waals surface area (Å²) >= 11 is 1.87. The molecule has 1 aliphatic rings. The largest absolute Gasteiger partial charge is 0.361 e. The van der Waals surface area contributed by atoms with Crippen molar-refractivity contribution in [2.75, 3.05) is 33.2 Å². The average molecular weight is 546 g/mol. The van der Waals surface area contributed by atoms with Crippen molar-refractivity contribution in [3.05, 3.63) is 39.4 Å². The smallest absolute Gasteiger partial charge is 0.191 e. The number of rotatable bonds is 8. The van der Waals surface area contributed by atoms with Gasteiger partial charge in [-0.25, -0.2) is 0 Å².